The van der Waals surface area contributed by atoms with Crippen LogP contribution in [-0.2, 0) is 12.5 Å². The maximum absolute atomic E-state index is 5.80. The number of aryl methyl sites for hydroxylation is 1. The fraction of sp³-hybridized carbons (Fsp3) is 0.615. The first kappa shape index (κ1) is 13.8. The summed E-state index contributed by atoms with van der Waals surface area (Å²) < 4.78 is 1.83. The summed E-state index contributed by atoms with van der Waals surface area (Å²) in [5.41, 5.74) is 8.01. The molecule has 1 unspecified atom stereocenters. The fourth-order valence-electron chi connectivity index (χ4n) is 1.85. The van der Waals surface area contributed by atoms with Gasteiger partial charge in [0.05, 0.1) is 12.2 Å². The lowest BCUT2D eigenvalue weighted by molar-refractivity contribution is 0.522. The van der Waals surface area contributed by atoms with Crippen LogP contribution in [-0.4, -0.2) is 22.9 Å². The predicted molar refractivity (Wildman–Crippen MR) is 70.5 cm³/mol. The third-order valence-corrected chi connectivity index (χ3v) is 2.63. The van der Waals surface area contributed by atoms with Crippen LogP contribution in [0.1, 0.15) is 38.1 Å². The normalized spacial score (nSPS) is 13.4. The van der Waals surface area contributed by atoms with Crippen LogP contribution < -0.4 is 11.1 Å². The van der Waals surface area contributed by atoms with Crippen molar-refractivity contribution in [1.82, 2.24) is 15.1 Å². The molecule has 1 aromatic heterocycles. The zero-order chi connectivity index (χ0) is 13.1. The molecule has 0 saturated carbocycles. The number of nitrogens with two attached hydrogens (primary N) is 1. The highest BCUT2D eigenvalue weighted by Crippen LogP contribution is 2.27. The van der Waals surface area contributed by atoms with Crippen LogP contribution >= 0.6 is 0 Å². The summed E-state index contributed by atoms with van der Waals surface area (Å²) in [6.07, 6.45) is 7.28. The van der Waals surface area contributed by atoms with Crippen molar-refractivity contribution in [3.05, 3.63) is 17.5 Å². The van der Waals surface area contributed by atoms with Crippen molar-refractivity contribution < 1.29 is 0 Å². The molecule has 1 rings (SSSR count). The van der Waals surface area contributed by atoms with Crippen LogP contribution in [0.2, 0.25) is 0 Å². The molecule has 4 heteroatoms. The Bertz CT molecular complexity index is 406. The Morgan fingerprint density at radius 1 is 1.59 bits per heavy atom. The second-order valence-corrected chi connectivity index (χ2v) is 5.23. The van der Waals surface area contributed by atoms with Crippen LogP contribution in [0.15, 0.2) is 6.20 Å². The largest absolute Gasteiger partial charge is 0.329 e. The molecule has 0 radical (unpaired) electrons. The highest BCUT2D eigenvalue weighted by molar-refractivity contribution is 5.28. The van der Waals surface area contributed by atoms with E-state index in [2.05, 4.69) is 37.1 Å². The molecule has 0 amide bonds. The summed E-state index contributed by atoms with van der Waals surface area (Å²) in [7, 11) is 1.92. The van der Waals surface area contributed by atoms with Gasteiger partial charge in [0, 0.05) is 36.8 Å². The van der Waals surface area contributed by atoms with E-state index in [4.69, 9.17) is 12.2 Å². The van der Waals surface area contributed by atoms with Crippen molar-refractivity contribution in [2.24, 2.45) is 12.8 Å². The van der Waals surface area contributed by atoms with E-state index < -0.39 is 0 Å². The maximum atomic E-state index is 5.80. The van der Waals surface area contributed by atoms with Gasteiger partial charge in [0.2, 0.25) is 0 Å². The summed E-state index contributed by atoms with van der Waals surface area (Å²) in [6.45, 7) is 7.46. The molecule has 0 spiro atoms. The summed E-state index contributed by atoms with van der Waals surface area (Å²) in [4.78, 5) is 0. The van der Waals surface area contributed by atoms with Crippen molar-refractivity contribution in [1.29, 1.82) is 0 Å². The first-order chi connectivity index (χ1) is 7.90. The minimum atomic E-state index is 0.00182. The van der Waals surface area contributed by atoms with Crippen molar-refractivity contribution in [3.8, 4) is 12.3 Å². The summed E-state index contributed by atoms with van der Waals surface area (Å²) in [5, 5.41) is 7.78. The second kappa shape index (κ2) is 5.35. The highest BCUT2D eigenvalue weighted by atomic mass is 15.3. The molecule has 4 nitrogen and oxygen atoms in total. The first-order valence-electron chi connectivity index (χ1n) is 5.81. The van der Waals surface area contributed by atoms with Gasteiger partial charge < -0.3 is 5.73 Å². The van der Waals surface area contributed by atoms with Crippen molar-refractivity contribution >= 4 is 0 Å². The third kappa shape index (κ3) is 3.32. The van der Waals surface area contributed by atoms with Crippen molar-refractivity contribution in [2.75, 3.05) is 13.1 Å². The number of rotatable bonds is 4. The van der Waals surface area contributed by atoms with Crippen LogP contribution in [0.25, 0.3) is 0 Å². The Labute approximate surface area is 104 Å². The number of nitrogens with zero attached hydrogens (tertiary/aromatic N) is 2. The second-order valence-electron chi connectivity index (χ2n) is 5.23. The SMILES string of the molecule is C#CCNC(CN)c1cn(C)nc1C(C)(C)C. The van der Waals surface area contributed by atoms with Gasteiger partial charge >= 0.3 is 0 Å². The van der Waals surface area contributed by atoms with E-state index in [-0.39, 0.29) is 11.5 Å². The molecule has 0 aliphatic heterocycles. The van der Waals surface area contributed by atoms with Crippen molar-refractivity contribution in [3.63, 3.8) is 0 Å². The molecule has 0 aromatic carbocycles. The Morgan fingerprint density at radius 2 is 2.24 bits per heavy atom. The van der Waals surface area contributed by atoms with Gasteiger partial charge in [0.15, 0.2) is 0 Å². The quantitative estimate of drug-likeness (QED) is 0.762. The molecular formula is C13H22N4. The lowest BCUT2D eigenvalue weighted by Gasteiger charge is -2.22. The molecular weight excluding hydrogens is 212 g/mol. The minimum absolute atomic E-state index is 0.00182. The molecule has 1 heterocycles. The van der Waals surface area contributed by atoms with E-state index in [1.165, 1.54) is 0 Å². The molecule has 1 aromatic rings. The van der Waals surface area contributed by atoms with Crippen LogP contribution in [0.4, 0.5) is 0 Å². The Kier molecular flexibility index (Phi) is 4.33. The van der Waals surface area contributed by atoms with Gasteiger partial charge in [-0.05, 0) is 0 Å². The predicted octanol–water partition coefficient (Wildman–Crippen LogP) is 0.940. The van der Waals surface area contributed by atoms with Gasteiger partial charge in [-0.3, -0.25) is 10.00 Å². The van der Waals surface area contributed by atoms with E-state index in [0.717, 1.165) is 11.3 Å². The topological polar surface area (TPSA) is 55.9 Å². The van der Waals surface area contributed by atoms with Crippen molar-refractivity contribution in [2.45, 2.75) is 32.2 Å². The Morgan fingerprint density at radius 3 is 2.71 bits per heavy atom. The molecule has 1 atom stereocenters. The molecule has 3 N–H and O–H groups in total. The zero-order valence-electron chi connectivity index (χ0n) is 11.1. The summed E-state index contributed by atoms with van der Waals surface area (Å²) in [5.74, 6) is 2.57. The van der Waals surface area contributed by atoms with Gasteiger partial charge in [0.1, 0.15) is 0 Å². The Balaban J connectivity index is 3.07. The zero-order valence-corrected chi connectivity index (χ0v) is 11.1. The van der Waals surface area contributed by atoms with Crippen LogP contribution in [0.5, 0.6) is 0 Å². The maximum Gasteiger partial charge on any atom is 0.0726 e. The number of aromatic nitrogens is 2. The standard InChI is InChI=1S/C13H22N4/c1-6-7-15-11(8-14)10-9-17(5)16-12(10)13(2,3)4/h1,9,11,15H,7-8,14H2,2-5H3. The number of hydrogen-bond donors (Lipinski definition) is 2. The number of nitrogens with one attached hydrogen (secondary N) is 1. The van der Waals surface area contributed by atoms with Gasteiger partial charge in [0.25, 0.3) is 0 Å². The summed E-state index contributed by atoms with van der Waals surface area (Å²) in [6, 6.07) is 0.0639. The van der Waals surface area contributed by atoms with Crippen LogP contribution in [0, 0.1) is 12.3 Å². The molecule has 0 fully saturated rings. The Hall–Kier alpha value is -1.31. The van der Waals surface area contributed by atoms with Gasteiger partial charge in [-0.1, -0.05) is 26.7 Å². The number of hydrogen-bond acceptors (Lipinski definition) is 3. The lowest BCUT2D eigenvalue weighted by atomic mass is 9.87. The molecule has 17 heavy (non-hydrogen) atoms. The van der Waals surface area contributed by atoms with E-state index in [1.54, 1.807) is 0 Å². The average Bonchev–Trinajstić information content (AvgIpc) is 2.61. The van der Waals surface area contributed by atoms with E-state index >= 15 is 0 Å². The first-order valence-corrected chi connectivity index (χ1v) is 5.81. The molecule has 94 valence electrons. The molecule has 0 bridgehead atoms. The number of terminal acetylenes is 1. The van der Waals surface area contributed by atoms with E-state index in [9.17, 15) is 0 Å². The summed E-state index contributed by atoms with van der Waals surface area (Å²) >= 11 is 0. The fourth-order valence-corrected chi connectivity index (χ4v) is 1.85. The molecule has 0 aliphatic carbocycles. The highest BCUT2D eigenvalue weighted by Gasteiger charge is 2.25. The van der Waals surface area contributed by atoms with Gasteiger partial charge in [-0.25, -0.2) is 0 Å². The van der Waals surface area contributed by atoms with Crippen LogP contribution in [0.3, 0.4) is 0 Å². The van der Waals surface area contributed by atoms with Gasteiger partial charge in [-0.2, -0.15) is 5.10 Å². The molecule has 0 saturated heterocycles. The van der Waals surface area contributed by atoms with Gasteiger partial charge in [-0.15, -0.1) is 6.42 Å². The minimum Gasteiger partial charge on any atom is -0.329 e. The van der Waals surface area contributed by atoms with E-state index in [1.807, 2.05) is 17.9 Å². The smallest absolute Gasteiger partial charge is 0.0726 e. The monoisotopic (exact) mass is 234 g/mol. The van der Waals surface area contributed by atoms with E-state index in [0.29, 0.717) is 13.1 Å². The average molecular weight is 234 g/mol. The third-order valence-electron chi connectivity index (χ3n) is 2.63. The molecule has 0 aliphatic rings. The lowest BCUT2D eigenvalue weighted by Crippen LogP contribution is -2.30.